The van der Waals surface area contributed by atoms with Crippen molar-refractivity contribution in [3.8, 4) is 5.75 Å². The van der Waals surface area contributed by atoms with E-state index in [1.54, 1.807) is 6.07 Å². The molecule has 1 heterocycles. The van der Waals surface area contributed by atoms with Crippen molar-refractivity contribution in [3.05, 3.63) is 41.3 Å². The Bertz CT molecular complexity index is 622. The summed E-state index contributed by atoms with van der Waals surface area (Å²) in [7, 11) is 1.45. The highest BCUT2D eigenvalue weighted by molar-refractivity contribution is 7.98. The number of hydrogen-bond donors (Lipinski definition) is 1. The second-order valence-corrected chi connectivity index (χ2v) is 5.18. The lowest BCUT2D eigenvalue weighted by molar-refractivity contribution is 0.386. The number of aromatic nitrogens is 2. The van der Waals surface area contributed by atoms with Crippen LogP contribution in [0.1, 0.15) is 18.1 Å². The van der Waals surface area contributed by atoms with E-state index < -0.39 is 0 Å². The number of aryl methyl sites for hydroxylation is 1. The van der Waals surface area contributed by atoms with Gasteiger partial charge in [0.2, 0.25) is 0 Å². The highest BCUT2D eigenvalue weighted by Gasteiger charge is 2.07. The fourth-order valence-corrected chi connectivity index (χ4v) is 2.25. The summed E-state index contributed by atoms with van der Waals surface area (Å²) in [6.45, 7) is 2.55. The van der Waals surface area contributed by atoms with E-state index in [0.717, 1.165) is 28.5 Å². The van der Waals surface area contributed by atoms with E-state index in [-0.39, 0.29) is 11.6 Å². The maximum atomic E-state index is 13.7. The molecule has 21 heavy (non-hydrogen) atoms. The van der Waals surface area contributed by atoms with Gasteiger partial charge in [-0.15, -0.1) is 0 Å². The average molecular weight is 307 g/mol. The molecule has 0 aliphatic heterocycles. The molecule has 2 aromatic rings. The number of thioether (sulfide) groups is 1. The lowest BCUT2D eigenvalue weighted by atomic mass is 10.2. The largest absolute Gasteiger partial charge is 0.494 e. The molecule has 0 spiro atoms. The minimum Gasteiger partial charge on any atom is -0.494 e. The first-order chi connectivity index (χ1) is 10.2. The quantitative estimate of drug-likeness (QED) is 0.653. The molecule has 4 nitrogen and oxygen atoms in total. The van der Waals surface area contributed by atoms with Crippen LogP contribution in [0.25, 0.3) is 0 Å². The first-order valence-electron chi connectivity index (χ1n) is 6.64. The standard InChI is InChI=1S/C15H18FN3OS/c1-4-11-9-18-15(21-3)19-14(11)17-8-10-5-6-13(20-2)12(16)7-10/h5-7,9H,4,8H2,1-3H3,(H,17,18,19). The van der Waals surface area contributed by atoms with E-state index in [0.29, 0.717) is 6.54 Å². The second-order valence-electron chi connectivity index (χ2n) is 4.41. The number of nitrogens with zero attached hydrogens (tertiary/aromatic N) is 2. The summed E-state index contributed by atoms with van der Waals surface area (Å²) >= 11 is 1.49. The number of methoxy groups -OCH3 is 1. The number of rotatable bonds is 6. The Morgan fingerprint density at radius 1 is 1.38 bits per heavy atom. The van der Waals surface area contributed by atoms with E-state index in [2.05, 4.69) is 22.2 Å². The monoisotopic (exact) mass is 307 g/mol. The van der Waals surface area contributed by atoms with Crippen LogP contribution in [0, 0.1) is 5.82 Å². The molecule has 0 radical (unpaired) electrons. The molecule has 0 fully saturated rings. The molecular weight excluding hydrogens is 289 g/mol. The molecule has 1 N–H and O–H groups in total. The number of halogens is 1. The van der Waals surface area contributed by atoms with Gasteiger partial charge in [0.25, 0.3) is 0 Å². The third-order valence-electron chi connectivity index (χ3n) is 3.08. The van der Waals surface area contributed by atoms with Crippen molar-refractivity contribution in [1.82, 2.24) is 9.97 Å². The SMILES string of the molecule is CCc1cnc(SC)nc1NCc1ccc(OC)c(F)c1. The summed E-state index contributed by atoms with van der Waals surface area (Å²) in [5.74, 6) is 0.688. The summed E-state index contributed by atoms with van der Waals surface area (Å²) in [5, 5.41) is 3.97. The molecule has 0 bridgehead atoms. The maximum Gasteiger partial charge on any atom is 0.189 e. The predicted octanol–water partition coefficient (Wildman–Crippen LogP) is 3.52. The van der Waals surface area contributed by atoms with Gasteiger partial charge in [-0.05, 0) is 30.4 Å². The van der Waals surface area contributed by atoms with E-state index in [1.165, 1.54) is 24.9 Å². The Morgan fingerprint density at radius 2 is 2.19 bits per heavy atom. The first kappa shape index (κ1) is 15.6. The van der Waals surface area contributed by atoms with E-state index >= 15 is 0 Å². The molecule has 0 aliphatic carbocycles. The van der Waals surface area contributed by atoms with Gasteiger partial charge in [-0.3, -0.25) is 0 Å². The van der Waals surface area contributed by atoms with Crippen LogP contribution in [0.4, 0.5) is 10.2 Å². The number of ether oxygens (including phenoxy) is 1. The molecule has 112 valence electrons. The molecule has 1 aromatic carbocycles. The Balaban J connectivity index is 2.13. The van der Waals surface area contributed by atoms with E-state index in [1.807, 2.05) is 18.5 Å². The van der Waals surface area contributed by atoms with Crippen LogP contribution in [-0.2, 0) is 13.0 Å². The Kier molecular flexibility index (Phi) is 5.38. The van der Waals surface area contributed by atoms with Gasteiger partial charge in [0.15, 0.2) is 16.7 Å². The zero-order valence-corrected chi connectivity index (χ0v) is 13.1. The molecule has 0 atom stereocenters. The molecule has 0 aliphatic rings. The van der Waals surface area contributed by atoms with Crippen molar-refractivity contribution in [1.29, 1.82) is 0 Å². The minimum absolute atomic E-state index is 0.250. The summed E-state index contributed by atoms with van der Waals surface area (Å²) in [4.78, 5) is 8.71. The first-order valence-corrected chi connectivity index (χ1v) is 7.86. The van der Waals surface area contributed by atoms with Crippen molar-refractivity contribution < 1.29 is 9.13 Å². The lowest BCUT2D eigenvalue weighted by Crippen LogP contribution is -2.06. The Hall–Kier alpha value is -1.82. The summed E-state index contributed by atoms with van der Waals surface area (Å²) < 4.78 is 18.6. The minimum atomic E-state index is -0.361. The van der Waals surface area contributed by atoms with Gasteiger partial charge in [-0.2, -0.15) is 0 Å². The number of benzene rings is 1. The molecule has 1 aromatic heterocycles. The average Bonchev–Trinajstić information content (AvgIpc) is 2.52. The Morgan fingerprint density at radius 3 is 2.81 bits per heavy atom. The summed E-state index contributed by atoms with van der Waals surface area (Å²) in [6, 6.07) is 4.92. The smallest absolute Gasteiger partial charge is 0.189 e. The van der Waals surface area contributed by atoms with Crippen LogP contribution in [0.5, 0.6) is 5.75 Å². The van der Waals surface area contributed by atoms with Gasteiger partial charge < -0.3 is 10.1 Å². The van der Waals surface area contributed by atoms with Gasteiger partial charge in [0.1, 0.15) is 5.82 Å². The van der Waals surface area contributed by atoms with Crippen molar-refractivity contribution in [2.75, 3.05) is 18.7 Å². The molecule has 0 unspecified atom stereocenters. The highest BCUT2D eigenvalue weighted by Crippen LogP contribution is 2.20. The van der Waals surface area contributed by atoms with Crippen LogP contribution >= 0.6 is 11.8 Å². The fraction of sp³-hybridized carbons (Fsp3) is 0.333. The third kappa shape index (κ3) is 3.85. The van der Waals surface area contributed by atoms with E-state index in [9.17, 15) is 4.39 Å². The predicted molar refractivity (Wildman–Crippen MR) is 83.5 cm³/mol. The van der Waals surface area contributed by atoms with Crippen LogP contribution in [0.3, 0.4) is 0 Å². The number of anilines is 1. The molecular formula is C15H18FN3OS. The molecule has 0 saturated heterocycles. The number of hydrogen-bond acceptors (Lipinski definition) is 5. The van der Waals surface area contributed by atoms with Crippen LogP contribution in [0.15, 0.2) is 29.6 Å². The van der Waals surface area contributed by atoms with Crippen LogP contribution in [0.2, 0.25) is 0 Å². The maximum absolute atomic E-state index is 13.7. The van der Waals surface area contributed by atoms with Gasteiger partial charge in [0, 0.05) is 18.3 Å². The Labute approximate surface area is 128 Å². The summed E-state index contributed by atoms with van der Waals surface area (Å²) in [5.41, 5.74) is 1.88. The molecule has 0 amide bonds. The molecule has 0 saturated carbocycles. The number of nitrogens with one attached hydrogen (secondary N) is 1. The fourth-order valence-electron chi connectivity index (χ4n) is 1.91. The van der Waals surface area contributed by atoms with Gasteiger partial charge in [-0.1, -0.05) is 24.8 Å². The second kappa shape index (κ2) is 7.26. The van der Waals surface area contributed by atoms with Crippen molar-refractivity contribution >= 4 is 17.6 Å². The molecule has 6 heteroatoms. The van der Waals surface area contributed by atoms with Crippen LogP contribution in [-0.4, -0.2) is 23.3 Å². The topological polar surface area (TPSA) is 47.0 Å². The zero-order chi connectivity index (χ0) is 15.2. The lowest BCUT2D eigenvalue weighted by Gasteiger charge is -2.11. The third-order valence-corrected chi connectivity index (χ3v) is 3.64. The van der Waals surface area contributed by atoms with Crippen molar-refractivity contribution in [3.63, 3.8) is 0 Å². The highest BCUT2D eigenvalue weighted by atomic mass is 32.2. The zero-order valence-electron chi connectivity index (χ0n) is 12.3. The van der Waals surface area contributed by atoms with Crippen molar-refractivity contribution in [2.45, 2.75) is 25.0 Å². The van der Waals surface area contributed by atoms with Gasteiger partial charge >= 0.3 is 0 Å². The van der Waals surface area contributed by atoms with E-state index in [4.69, 9.17) is 4.74 Å². The van der Waals surface area contributed by atoms with Crippen LogP contribution < -0.4 is 10.1 Å². The van der Waals surface area contributed by atoms with Gasteiger partial charge in [-0.25, -0.2) is 14.4 Å². The van der Waals surface area contributed by atoms with Crippen molar-refractivity contribution in [2.24, 2.45) is 0 Å². The summed E-state index contributed by atoms with van der Waals surface area (Å²) in [6.07, 6.45) is 4.60. The van der Waals surface area contributed by atoms with Gasteiger partial charge in [0.05, 0.1) is 7.11 Å². The molecule has 2 rings (SSSR count). The normalized spacial score (nSPS) is 10.5.